The maximum absolute atomic E-state index is 5.46. The van der Waals surface area contributed by atoms with Gasteiger partial charge < -0.3 is 16.0 Å². The van der Waals surface area contributed by atoms with Crippen molar-refractivity contribution in [3.63, 3.8) is 0 Å². The first-order chi connectivity index (χ1) is 5.24. The summed E-state index contributed by atoms with van der Waals surface area (Å²) in [7, 11) is 0. The Morgan fingerprint density at radius 1 is 1.82 bits per heavy atom. The smallest absolute Gasteiger partial charge is 0.201 e. The summed E-state index contributed by atoms with van der Waals surface area (Å²) in [5, 5.41) is 2.99. The molecule has 4 N–H and O–H groups in total. The van der Waals surface area contributed by atoms with Crippen molar-refractivity contribution in [2.45, 2.75) is 6.92 Å². The number of nitrogens with two attached hydrogens (primary N) is 1. The van der Waals surface area contributed by atoms with Crippen LogP contribution in [0.1, 0.15) is 6.92 Å². The molecule has 0 spiro atoms. The Bertz CT molecular complexity index is 293. The highest BCUT2D eigenvalue weighted by Crippen LogP contribution is 2.03. The van der Waals surface area contributed by atoms with Gasteiger partial charge in [-0.05, 0) is 6.92 Å². The Morgan fingerprint density at radius 3 is 3.09 bits per heavy atom. The van der Waals surface area contributed by atoms with E-state index in [9.17, 15) is 0 Å². The van der Waals surface area contributed by atoms with Crippen molar-refractivity contribution in [3.8, 4) is 0 Å². The number of nitrogens with one attached hydrogen (secondary N) is 2. The molecular weight excluding hydrogens is 160 g/mol. The van der Waals surface area contributed by atoms with E-state index in [1.165, 1.54) is 6.20 Å². The second-order valence-electron chi connectivity index (χ2n) is 2.05. The van der Waals surface area contributed by atoms with Crippen LogP contribution in [0.15, 0.2) is 6.20 Å². The average Bonchev–Trinajstić information content (AvgIpc) is 1.98. The second-order valence-corrected chi connectivity index (χ2v) is 2.45. The van der Waals surface area contributed by atoms with Gasteiger partial charge in [0.25, 0.3) is 0 Å². The van der Waals surface area contributed by atoms with E-state index in [2.05, 4.69) is 15.3 Å². The molecule has 0 aromatic carbocycles. The van der Waals surface area contributed by atoms with Crippen LogP contribution in [0.2, 0.25) is 0 Å². The van der Waals surface area contributed by atoms with Gasteiger partial charge in [-0.2, -0.15) is 0 Å². The molecular formula is C6H10N4S. The largest absolute Gasteiger partial charge is 0.395 e. The van der Waals surface area contributed by atoms with Crippen LogP contribution in [0.25, 0.3) is 0 Å². The highest BCUT2D eigenvalue weighted by molar-refractivity contribution is 7.71. The van der Waals surface area contributed by atoms with Crippen molar-refractivity contribution in [1.82, 2.24) is 9.97 Å². The highest BCUT2D eigenvalue weighted by atomic mass is 32.1. The summed E-state index contributed by atoms with van der Waals surface area (Å²) in [6.45, 7) is 2.79. The normalized spacial score (nSPS) is 9.55. The van der Waals surface area contributed by atoms with Crippen molar-refractivity contribution < 1.29 is 0 Å². The van der Waals surface area contributed by atoms with E-state index in [0.717, 1.165) is 6.54 Å². The molecule has 0 aliphatic heterocycles. The number of aromatic amines is 1. The number of anilines is 2. The van der Waals surface area contributed by atoms with Crippen molar-refractivity contribution in [3.05, 3.63) is 10.8 Å². The number of H-pyrrole nitrogens is 1. The maximum atomic E-state index is 5.46. The van der Waals surface area contributed by atoms with E-state index in [4.69, 9.17) is 18.0 Å². The van der Waals surface area contributed by atoms with Gasteiger partial charge in [0, 0.05) is 6.54 Å². The topological polar surface area (TPSA) is 66.7 Å². The lowest BCUT2D eigenvalue weighted by Gasteiger charge is -2.01. The first-order valence-corrected chi connectivity index (χ1v) is 3.73. The molecule has 4 nitrogen and oxygen atoms in total. The zero-order chi connectivity index (χ0) is 8.27. The third-order valence-electron chi connectivity index (χ3n) is 1.17. The fourth-order valence-corrected chi connectivity index (χ4v) is 0.811. The Balaban J connectivity index is 2.96. The minimum Gasteiger partial charge on any atom is -0.395 e. The lowest BCUT2D eigenvalue weighted by atomic mass is 10.6. The van der Waals surface area contributed by atoms with Crippen LogP contribution < -0.4 is 11.1 Å². The molecule has 0 amide bonds. The van der Waals surface area contributed by atoms with Crippen LogP contribution in [0, 0.1) is 4.64 Å². The predicted molar refractivity (Wildman–Crippen MR) is 48.0 cm³/mol. The molecule has 1 heterocycles. The Kier molecular flexibility index (Phi) is 2.43. The molecule has 60 valence electrons. The van der Waals surface area contributed by atoms with Gasteiger partial charge in [-0.25, -0.2) is 4.98 Å². The molecule has 0 aliphatic carbocycles. The van der Waals surface area contributed by atoms with Crippen molar-refractivity contribution >= 4 is 23.9 Å². The van der Waals surface area contributed by atoms with E-state index in [0.29, 0.717) is 16.3 Å². The molecule has 5 heteroatoms. The number of aromatic nitrogens is 2. The number of rotatable bonds is 2. The molecule has 0 bridgehead atoms. The standard InChI is InChI=1S/C6H10N4S/c1-2-8-6-9-3-4(7)5(11)10-6/h3H,2,7H2,1H3,(H2,8,9,10,11). The van der Waals surface area contributed by atoms with Crippen molar-refractivity contribution in [1.29, 1.82) is 0 Å². The number of nitrogens with zero attached hydrogens (tertiary/aromatic N) is 1. The van der Waals surface area contributed by atoms with Gasteiger partial charge >= 0.3 is 0 Å². The molecule has 1 aromatic heterocycles. The molecule has 0 aliphatic rings. The van der Waals surface area contributed by atoms with Crippen LogP contribution in [0.5, 0.6) is 0 Å². The van der Waals surface area contributed by atoms with E-state index in [1.54, 1.807) is 0 Å². The van der Waals surface area contributed by atoms with Gasteiger partial charge in [-0.3, -0.25) is 0 Å². The minimum absolute atomic E-state index is 0.502. The Morgan fingerprint density at radius 2 is 2.55 bits per heavy atom. The summed E-state index contributed by atoms with van der Waals surface area (Å²) in [6, 6.07) is 0. The van der Waals surface area contributed by atoms with Crippen LogP contribution in [-0.2, 0) is 0 Å². The third-order valence-corrected chi connectivity index (χ3v) is 1.51. The van der Waals surface area contributed by atoms with Crippen LogP contribution in [0.3, 0.4) is 0 Å². The molecule has 0 fully saturated rings. The lowest BCUT2D eigenvalue weighted by molar-refractivity contribution is 1.08. The zero-order valence-corrected chi connectivity index (χ0v) is 7.03. The van der Waals surface area contributed by atoms with E-state index < -0.39 is 0 Å². The van der Waals surface area contributed by atoms with Gasteiger partial charge in [-0.1, -0.05) is 12.2 Å². The number of hydrogen-bond donors (Lipinski definition) is 3. The fourth-order valence-electron chi connectivity index (χ4n) is 0.662. The number of hydrogen-bond acceptors (Lipinski definition) is 4. The summed E-state index contributed by atoms with van der Waals surface area (Å²) in [4.78, 5) is 6.81. The SMILES string of the molecule is CCNc1ncc(N)c(=S)[nH]1. The molecule has 1 rings (SSSR count). The van der Waals surface area contributed by atoms with Gasteiger partial charge in [0.15, 0.2) is 0 Å². The van der Waals surface area contributed by atoms with E-state index in [1.807, 2.05) is 6.92 Å². The van der Waals surface area contributed by atoms with Gasteiger partial charge in [0.2, 0.25) is 5.95 Å². The summed E-state index contributed by atoms with van der Waals surface area (Å²) < 4.78 is 0.524. The van der Waals surface area contributed by atoms with Crippen LogP contribution in [0.4, 0.5) is 11.6 Å². The zero-order valence-electron chi connectivity index (χ0n) is 6.22. The first-order valence-electron chi connectivity index (χ1n) is 3.32. The Hall–Kier alpha value is -1.10. The quantitative estimate of drug-likeness (QED) is 0.582. The summed E-state index contributed by atoms with van der Waals surface area (Å²) in [6.07, 6.45) is 1.54. The molecule has 0 unspecified atom stereocenters. The van der Waals surface area contributed by atoms with Crippen LogP contribution >= 0.6 is 12.2 Å². The summed E-state index contributed by atoms with van der Waals surface area (Å²) in [5.41, 5.74) is 5.96. The van der Waals surface area contributed by atoms with Gasteiger partial charge in [0.1, 0.15) is 4.64 Å². The van der Waals surface area contributed by atoms with Crippen molar-refractivity contribution in [2.24, 2.45) is 0 Å². The molecule has 0 saturated heterocycles. The van der Waals surface area contributed by atoms with Gasteiger partial charge in [-0.15, -0.1) is 0 Å². The maximum Gasteiger partial charge on any atom is 0.201 e. The molecule has 0 saturated carbocycles. The summed E-state index contributed by atoms with van der Waals surface area (Å²) in [5.74, 6) is 0.659. The van der Waals surface area contributed by atoms with Crippen molar-refractivity contribution in [2.75, 3.05) is 17.6 Å². The molecule has 0 radical (unpaired) electrons. The lowest BCUT2D eigenvalue weighted by Crippen LogP contribution is -2.02. The minimum atomic E-state index is 0.502. The Labute approximate surface area is 69.8 Å². The monoisotopic (exact) mass is 170 g/mol. The number of nitrogen functional groups attached to an aromatic ring is 1. The fraction of sp³-hybridized carbons (Fsp3) is 0.333. The summed E-state index contributed by atoms with van der Waals surface area (Å²) >= 11 is 4.89. The predicted octanol–water partition coefficient (Wildman–Crippen LogP) is 1.15. The molecule has 1 aromatic rings. The first kappa shape index (κ1) is 8.00. The molecule has 11 heavy (non-hydrogen) atoms. The van der Waals surface area contributed by atoms with Crippen LogP contribution in [-0.4, -0.2) is 16.5 Å². The second kappa shape index (κ2) is 3.34. The van der Waals surface area contributed by atoms with E-state index in [-0.39, 0.29) is 0 Å². The highest BCUT2D eigenvalue weighted by Gasteiger charge is 1.92. The van der Waals surface area contributed by atoms with Gasteiger partial charge in [0.05, 0.1) is 11.9 Å². The average molecular weight is 170 g/mol. The molecule has 0 atom stereocenters. The van der Waals surface area contributed by atoms with E-state index >= 15 is 0 Å². The third kappa shape index (κ3) is 1.91.